The highest BCUT2D eigenvalue weighted by Gasteiger charge is 2.38. The molecule has 2 aliphatic heterocycles. The largest absolute Gasteiger partial charge is 0.466 e. The second kappa shape index (κ2) is 12.1. The normalized spacial score (nSPS) is 16.1. The number of carbonyl (C=O) groups excluding carboxylic acids is 4. The number of nitrogens with zero attached hydrogens (tertiary/aromatic N) is 2. The second-order valence-corrected chi connectivity index (χ2v) is 9.64. The summed E-state index contributed by atoms with van der Waals surface area (Å²) in [5, 5.41) is 2.96. The standard InChI is InChI=1S/C29H35N3O6/c1-4-37-25(33)17-24(20-11-9-19(3)10-12-20)30-27(34)23-8-6-7-21-18-32(28(35)26(21)23)22-13-15-31(16-14-22)29(36)38-5-2/h6-12,22,24H,4-5,13-18H2,1-3H3,(H,30,34). The maximum absolute atomic E-state index is 13.6. The first-order chi connectivity index (χ1) is 18.3. The topological polar surface area (TPSA) is 105 Å². The van der Waals surface area contributed by atoms with Gasteiger partial charge in [-0.25, -0.2) is 4.79 Å². The molecule has 0 radical (unpaired) electrons. The molecule has 2 aromatic carbocycles. The van der Waals surface area contributed by atoms with Gasteiger partial charge in [-0.2, -0.15) is 0 Å². The van der Waals surface area contributed by atoms with Crippen LogP contribution in [0.2, 0.25) is 0 Å². The number of ether oxygens (including phenoxy) is 2. The molecule has 1 N–H and O–H groups in total. The predicted octanol–water partition coefficient (Wildman–Crippen LogP) is 4.00. The van der Waals surface area contributed by atoms with Gasteiger partial charge in [0.2, 0.25) is 0 Å². The molecule has 3 amide bonds. The highest BCUT2D eigenvalue weighted by molar-refractivity contribution is 6.09. The smallest absolute Gasteiger partial charge is 0.409 e. The van der Waals surface area contributed by atoms with E-state index in [0.29, 0.717) is 50.2 Å². The Kier molecular flexibility index (Phi) is 8.66. The van der Waals surface area contributed by atoms with Gasteiger partial charge in [-0.15, -0.1) is 0 Å². The van der Waals surface area contributed by atoms with Crippen molar-refractivity contribution in [2.45, 2.75) is 58.7 Å². The zero-order valence-corrected chi connectivity index (χ0v) is 22.2. The lowest BCUT2D eigenvalue weighted by Crippen LogP contribution is -2.47. The maximum Gasteiger partial charge on any atom is 0.409 e. The lowest BCUT2D eigenvalue weighted by Gasteiger charge is -2.36. The van der Waals surface area contributed by atoms with E-state index in [9.17, 15) is 19.2 Å². The van der Waals surface area contributed by atoms with Crippen LogP contribution in [0, 0.1) is 6.92 Å². The lowest BCUT2D eigenvalue weighted by molar-refractivity contribution is -0.143. The number of rotatable bonds is 8. The Bertz CT molecular complexity index is 1190. The van der Waals surface area contributed by atoms with Crippen LogP contribution in [0.15, 0.2) is 42.5 Å². The van der Waals surface area contributed by atoms with Gasteiger partial charge in [0.15, 0.2) is 0 Å². The van der Waals surface area contributed by atoms with E-state index in [-0.39, 0.29) is 31.1 Å². The van der Waals surface area contributed by atoms with Crippen molar-refractivity contribution in [3.05, 3.63) is 70.3 Å². The number of hydrogen-bond acceptors (Lipinski definition) is 6. The average Bonchev–Trinajstić information content (AvgIpc) is 3.25. The molecule has 0 spiro atoms. The van der Waals surface area contributed by atoms with Gasteiger partial charge in [-0.05, 0) is 50.8 Å². The van der Waals surface area contributed by atoms with Gasteiger partial charge in [-0.3, -0.25) is 14.4 Å². The summed E-state index contributed by atoms with van der Waals surface area (Å²) >= 11 is 0. The Morgan fingerprint density at radius 2 is 1.68 bits per heavy atom. The summed E-state index contributed by atoms with van der Waals surface area (Å²) in [6, 6.07) is 12.3. The number of aryl methyl sites for hydroxylation is 1. The number of nitrogens with one attached hydrogen (secondary N) is 1. The van der Waals surface area contributed by atoms with E-state index in [4.69, 9.17) is 9.47 Å². The van der Waals surface area contributed by atoms with Crippen molar-refractivity contribution >= 4 is 23.9 Å². The number of fused-ring (bicyclic) bond motifs is 1. The van der Waals surface area contributed by atoms with Crippen LogP contribution in [0.1, 0.15) is 76.6 Å². The van der Waals surface area contributed by atoms with E-state index in [1.807, 2.05) is 37.3 Å². The summed E-state index contributed by atoms with van der Waals surface area (Å²) in [6.07, 6.45) is 0.952. The molecule has 9 nitrogen and oxygen atoms in total. The van der Waals surface area contributed by atoms with Crippen molar-refractivity contribution in [3.8, 4) is 0 Å². The second-order valence-electron chi connectivity index (χ2n) is 9.64. The van der Waals surface area contributed by atoms with Gasteiger partial charge in [0, 0.05) is 25.7 Å². The van der Waals surface area contributed by atoms with E-state index in [0.717, 1.165) is 16.7 Å². The third-order valence-corrected chi connectivity index (χ3v) is 7.10. The zero-order chi connectivity index (χ0) is 27.2. The first-order valence-corrected chi connectivity index (χ1v) is 13.2. The van der Waals surface area contributed by atoms with Gasteiger partial charge >= 0.3 is 12.1 Å². The molecule has 38 heavy (non-hydrogen) atoms. The molecule has 1 atom stereocenters. The van der Waals surface area contributed by atoms with E-state index in [1.54, 1.807) is 35.8 Å². The van der Waals surface area contributed by atoms with Crippen molar-refractivity contribution < 1.29 is 28.7 Å². The summed E-state index contributed by atoms with van der Waals surface area (Å²) in [6.45, 7) is 7.52. The van der Waals surface area contributed by atoms with Gasteiger partial charge in [0.25, 0.3) is 11.8 Å². The molecule has 1 fully saturated rings. The maximum atomic E-state index is 13.6. The number of benzene rings is 2. The molecule has 0 aromatic heterocycles. The SMILES string of the molecule is CCOC(=O)CC(NC(=O)c1cccc2c1C(=O)N(C1CCN(C(=O)OCC)CC1)C2)c1ccc(C)cc1. The fraction of sp³-hybridized carbons (Fsp3) is 0.448. The number of carbonyl (C=O) groups is 4. The summed E-state index contributed by atoms with van der Waals surface area (Å²) < 4.78 is 10.2. The highest BCUT2D eigenvalue weighted by Crippen LogP contribution is 2.31. The Morgan fingerprint density at radius 3 is 2.34 bits per heavy atom. The van der Waals surface area contributed by atoms with Crippen molar-refractivity contribution in [2.24, 2.45) is 0 Å². The van der Waals surface area contributed by atoms with E-state index in [2.05, 4.69) is 5.32 Å². The molecule has 0 saturated carbocycles. The van der Waals surface area contributed by atoms with Crippen LogP contribution in [0.5, 0.6) is 0 Å². The molecule has 2 aliphatic rings. The molecule has 2 heterocycles. The van der Waals surface area contributed by atoms with Crippen molar-refractivity contribution in [1.29, 1.82) is 0 Å². The van der Waals surface area contributed by atoms with Gasteiger partial charge in [-0.1, -0.05) is 42.0 Å². The van der Waals surface area contributed by atoms with Crippen LogP contribution >= 0.6 is 0 Å². The summed E-state index contributed by atoms with van der Waals surface area (Å²) in [4.78, 5) is 54.9. The number of likely N-dealkylation sites (tertiary alicyclic amines) is 1. The van der Waals surface area contributed by atoms with Crippen LogP contribution in [0.4, 0.5) is 4.79 Å². The molecule has 1 unspecified atom stereocenters. The Morgan fingerprint density at radius 1 is 1.00 bits per heavy atom. The van der Waals surface area contributed by atoms with Crippen molar-refractivity contribution in [2.75, 3.05) is 26.3 Å². The first-order valence-electron chi connectivity index (χ1n) is 13.2. The number of piperidine rings is 1. The third kappa shape index (κ3) is 5.98. The first kappa shape index (κ1) is 27.2. The highest BCUT2D eigenvalue weighted by atomic mass is 16.6. The molecule has 202 valence electrons. The van der Waals surface area contributed by atoms with E-state index < -0.39 is 17.9 Å². The molecule has 9 heteroatoms. The van der Waals surface area contributed by atoms with E-state index in [1.165, 1.54) is 0 Å². The Hall–Kier alpha value is -3.88. The lowest BCUT2D eigenvalue weighted by atomic mass is 9.99. The molecule has 2 aromatic rings. The van der Waals surface area contributed by atoms with Crippen LogP contribution in [0.3, 0.4) is 0 Å². The molecule has 0 aliphatic carbocycles. The minimum Gasteiger partial charge on any atom is -0.466 e. The Labute approximate surface area is 223 Å². The fourth-order valence-corrected chi connectivity index (χ4v) is 5.12. The molecular formula is C29H35N3O6. The number of amides is 3. The molecular weight excluding hydrogens is 486 g/mol. The van der Waals surface area contributed by atoms with Crippen LogP contribution in [-0.4, -0.2) is 66.0 Å². The minimum absolute atomic E-state index is 0.0171. The molecule has 1 saturated heterocycles. The monoisotopic (exact) mass is 521 g/mol. The minimum atomic E-state index is -0.599. The van der Waals surface area contributed by atoms with Crippen molar-refractivity contribution in [3.63, 3.8) is 0 Å². The Balaban J connectivity index is 1.50. The molecule has 0 bridgehead atoms. The van der Waals surface area contributed by atoms with Crippen LogP contribution in [-0.2, 0) is 20.8 Å². The predicted molar refractivity (Wildman–Crippen MR) is 141 cm³/mol. The summed E-state index contributed by atoms with van der Waals surface area (Å²) in [7, 11) is 0. The number of esters is 1. The zero-order valence-electron chi connectivity index (χ0n) is 22.2. The number of hydrogen-bond donors (Lipinski definition) is 1. The van der Waals surface area contributed by atoms with Crippen LogP contribution in [0.25, 0.3) is 0 Å². The fourth-order valence-electron chi connectivity index (χ4n) is 5.12. The van der Waals surface area contributed by atoms with Gasteiger partial charge < -0.3 is 24.6 Å². The van der Waals surface area contributed by atoms with Gasteiger partial charge in [0.05, 0.1) is 36.8 Å². The van der Waals surface area contributed by atoms with Crippen molar-refractivity contribution in [1.82, 2.24) is 15.1 Å². The summed E-state index contributed by atoms with van der Waals surface area (Å²) in [5.41, 5.74) is 3.34. The van der Waals surface area contributed by atoms with Crippen LogP contribution < -0.4 is 5.32 Å². The van der Waals surface area contributed by atoms with Gasteiger partial charge in [0.1, 0.15) is 0 Å². The quantitative estimate of drug-likeness (QED) is 0.527. The third-order valence-electron chi connectivity index (χ3n) is 7.10. The summed E-state index contributed by atoms with van der Waals surface area (Å²) in [5.74, 6) is -1.00. The average molecular weight is 522 g/mol. The molecule has 4 rings (SSSR count). The van der Waals surface area contributed by atoms with E-state index >= 15 is 0 Å².